The monoisotopic (exact) mass is 158 g/mol. The lowest BCUT2D eigenvalue weighted by Crippen LogP contribution is -1.94. The van der Waals surface area contributed by atoms with Gasteiger partial charge in [-0.15, -0.1) is 0 Å². The van der Waals surface area contributed by atoms with Gasteiger partial charge < -0.3 is 0 Å². The Balaban J connectivity index is 2.63. The Bertz CT molecular complexity index is 361. The maximum Gasteiger partial charge on any atom is 0.101 e. The van der Waals surface area contributed by atoms with Crippen LogP contribution in [0.4, 0.5) is 0 Å². The molecule has 0 aliphatic heterocycles. The molecule has 2 heteroatoms. The van der Waals surface area contributed by atoms with Gasteiger partial charge in [-0.3, -0.25) is 4.98 Å². The Morgan fingerprint density at radius 2 is 2.33 bits per heavy atom. The molecule has 1 aliphatic carbocycles. The van der Waals surface area contributed by atoms with Gasteiger partial charge in [0, 0.05) is 11.9 Å². The van der Waals surface area contributed by atoms with Gasteiger partial charge in [0.15, 0.2) is 0 Å². The van der Waals surface area contributed by atoms with Crippen LogP contribution < -0.4 is 0 Å². The predicted octanol–water partition coefficient (Wildman–Crippen LogP) is 1.75. The number of aryl methyl sites for hydroxylation is 1. The van der Waals surface area contributed by atoms with Crippen molar-refractivity contribution in [1.29, 1.82) is 5.26 Å². The van der Waals surface area contributed by atoms with Crippen LogP contribution >= 0.6 is 0 Å². The van der Waals surface area contributed by atoms with Crippen LogP contribution in [0.15, 0.2) is 6.20 Å². The van der Waals surface area contributed by atoms with E-state index in [-0.39, 0.29) is 0 Å². The Labute approximate surface area is 71.9 Å². The summed E-state index contributed by atoms with van der Waals surface area (Å²) in [6, 6.07) is 2.16. The van der Waals surface area contributed by atoms with Crippen molar-refractivity contribution in [2.75, 3.05) is 0 Å². The largest absolute Gasteiger partial charge is 0.260 e. The molecule has 1 aromatic rings. The Kier molecular flexibility index (Phi) is 1.58. The fourth-order valence-electron chi connectivity index (χ4n) is 1.79. The zero-order chi connectivity index (χ0) is 8.55. The van der Waals surface area contributed by atoms with Crippen LogP contribution in [0.25, 0.3) is 0 Å². The minimum absolute atomic E-state index is 0.732. The third kappa shape index (κ3) is 0.902. The van der Waals surface area contributed by atoms with Crippen LogP contribution in [-0.4, -0.2) is 4.98 Å². The average Bonchev–Trinajstić information content (AvgIpc) is 2.53. The van der Waals surface area contributed by atoms with E-state index in [1.807, 2.05) is 6.92 Å². The maximum atomic E-state index is 8.76. The van der Waals surface area contributed by atoms with Crippen LogP contribution in [0.5, 0.6) is 0 Å². The van der Waals surface area contributed by atoms with Crippen LogP contribution in [-0.2, 0) is 12.8 Å². The molecule has 2 rings (SSSR count). The zero-order valence-electron chi connectivity index (χ0n) is 7.09. The van der Waals surface area contributed by atoms with E-state index < -0.39 is 0 Å². The van der Waals surface area contributed by atoms with E-state index in [4.69, 9.17) is 5.26 Å². The Morgan fingerprint density at radius 1 is 1.50 bits per heavy atom. The van der Waals surface area contributed by atoms with Gasteiger partial charge in [0.05, 0.1) is 5.56 Å². The summed E-state index contributed by atoms with van der Waals surface area (Å²) in [6.45, 7) is 2.02. The fraction of sp³-hybridized carbons (Fsp3) is 0.400. The molecule has 0 N–H and O–H groups in total. The number of nitriles is 1. The smallest absolute Gasteiger partial charge is 0.101 e. The second kappa shape index (κ2) is 2.60. The molecular weight excluding hydrogens is 148 g/mol. The number of fused-ring (bicyclic) bond motifs is 1. The van der Waals surface area contributed by atoms with E-state index in [0.29, 0.717) is 0 Å². The molecule has 60 valence electrons. The standard InChI is InChI=1S/C10H10N2/c1-7-8(5-11)6-12-10-4-2-3-9(7)10/h6H,2-4H2,1H3. The number of hydrogen-bond donors (Lipinski definition) is 0. The van der Waals surface area contributed by atoms with E-state index in [9.17, 15) is 0 Å². The third-order valence-corrected chi connectivity index (χ3v) is 2.52. The lowest BCUT2D eigenvalue weighted by atomic mass is 10.1. The van der Waals surface area contributed by atoms with Crippen LogP contribution in [0, 0.1) is 18.3 Å². The van der Waals surface area contributed by atoms with E-state index in [0.717, 1.165) is 24.0 Å². The molecule has 1 heterocycles. The van der Waals surface area contributed by atoms with Gasteiger partial charge in [0.2, 0.25) is 0 Å². The van der Waals surface area contributed by atoms with Crippen molar-refractivity contribution < 1.29 is 0 Å². The highest BCUT2D eigenvalue weighted by Gasteiger charge is 2.15. The van der Waals surface area contributed by atoms with Gasteiger partial charge in [-0.2, -0.15) is 5.26 Å². The molecule has 1 aliphatic rings. The molecule has 0 fully saturated rings. The Hall–Kier alpha value is -1.36. The molecule has 0 saturated heterocycles. The summed E-state index contributed by atoms with van der Waals surface area (Å²) >= 11 is 0. The summed E-state index contributed by atoms with van der Waals surface area (Å²) in [5, 5.41) is 8.76. The van der Waals surface area contributed by atoms with E-state index in [1.54, 1.807) is 6.20 Å². The number of rotatable bonds is 0. The fourth-order valence-corrected chi connectivity index (χ4v) is 1.79. The summed E-state index contributed by atoms with van der Waals surface area (Å²) < 4.78 is 0. The minimum Gasteiger partial charge on any atom is -0.260 e. The lowest BCUT2D eigenvalue weighted by molar-refractivity contribution is 0.898. The van der Waals surface area contributed by atoms with Crippen LogP contribution in [0.1, 0.15) is 28.8 Å². The number of aromatic nitrogens is 1. The number of nitrogens with zero attached hydrogens (tertiary/aromatic N) is 2. The second-order valence-corrected chi connectivity index (χ2v) is 3.19. The quantitative estimate of drug-likeness (QED) is 0.576. The van der Waals surface area contributed by atoms with E-state index >= 15 is 0 Å². The highest BCUT2D eigenvalue weighted by molar-refractivity contribution is 5.43. The summed E-state index contributed by atoms with van der Waals surface area (Å²) in [5.74, 6) is 0. The molecule has 1 aromatic heterocycles. The van der Waals surface area contributed by atoms with E-state index in [2.05, 4.69) is 11.1 Å². The van der Waals surface area contributed by atoms with E-state index in [1.165, 1.54) is 17.7 Å². The predicted molar refractivity (Wildman–Crippen MR) is 45.7 cm³/mol. The summed E-state index contributed by atoms with van der Waals surface area (Å²) in [7, 11) is 0. The van der Waals surface area contributed by atoms with Crippen molar-refractivity contribution in [2.24, 2.45) is 0 Å². The topological polar surface area (TPSA) is 36.7 Å². The molecule has 0 amide bonds. The molecule has 0 aromatic carbocycles. The molecule has 0 unspecified atom stereocenters. The summed E-state index contributed by atoms with van der Waals surface area (Å²) in [6.07, 6.45) is 5.07. The van der Waals surface area contributed by atoms with Gasteiger partial charge in [-0.05, 0) is 37.3 Å². The van der Waals surface area contributed by atoms with Crippen molar-refractivity contribution in [3.8, 4) is 6.07 Å². The van der Waals surface area contributed by atoms with Crippen LogP contribution in [0.3, 0.4) is 0 Å². The highest BCUT2D eigenvalue weighted by atomic mass is 14.7. The third-order valence-electron chi connectivity index (χ3n) is 2.52. The SMILES string of the molecule is Cc1c(C#N)cnc2c1CCC2. The first-order valence-electron chi connectivity index (χ1n) is 4.20. The van der Waals surface area contributed by atoms with Crippen molar-refractivity contribution in [1.82, 2.24) is 4.98 Å². The van der Waals surface area contributed by atoms with Gasteiger partial charge in [-0.1, -0.05) is 0 Å². The highest BCUT2D eigenvalue weighted by Crippen LogP contribution is 2.24. The summed E-state index contributed by atoms with van der Waals surface area (Å²) in [4.78, 5) is 4.27. The van der Waals surface area contributed by atoms with Gasteiger partial charge in [0.1, 0.15) is 6.07 Å². The first-order valence-corrected chi connectivity index (χ1v) is 4.20. The first kappa shape index (κ1) is 7.30. The molecule has 0 saturated carbocycles. The molecule has 0 spiro atoms. The van der Waals surface area contributed by atoms with Gasteiger partial charge in [0.25, 0.3) is 0 Å². The normalized spacial score (nSPS) is 14.0. The molecule has 2 nitrogen and oxygen atoms in total. The molecular formula is C10H10N2. The zero-order valence-corrected chi connectivity index (χ0v) is 7.09. The number of hydrogen-bond acceptors (Lipinski definition) is 2. The average molecular weight is 158 g/mol. The van der Waals surface area contributed by atoms with Crippen molar-refractivity contribution in [3.05, 3.63) is 28.6 Å². The second-order valence-electron chi connectivity index (χ2n) is 3.19. The minimum atomic E-state index is 0.732. The Morgan fingerprint density at radius 3 is 3.08 bits per heavy atom. The van der Waals surface area contributed by atoms with Gasteiger partial charge >= 0.3 is 0 Å². The maximum absolute atomic E-state index is 8.76. The summed E-state index contributed by atoms with van der Waals surface area (Å²) in [5.41, 5.74) is 4.39. The first-order chi connectivity index (χ1) is 5.83. The molecule has 0 atom stereocenters. The van der Waals surface area contributed by atoms with Crippen LogP contribution in [0.2, 0.25) is 0 Å². The lowest BCUT2D eigenvalue weighted by Gasteiger charge is -2.03. The molecule has 0 radical (unpaired) electrons. The van der Waals surface area contributed by atoms with Crippen molar-refractivity contribution >= 4 is 0 Å². The molecule has 12 heavy (non-hydrogen) atoms. The van der Waals surface area contributed by atoms with Crippen molar-refractivity contribution in [3.63, 3.8) is 0 Å². The molecule has 0 bridgehead atoms. The number of pyridine rings is 1. The van der Waals surface area contributed by atoms with Gasteiger partial charge in [-0.25, -0.2) is 0 Å². The van der Waals surface area contributed by atoms with Crippen molar-refractivity contribution in [2.45, 2.75) is 26.2 Å².